The minimum atomic E-state index is -4.17. The molecule has 0 radical (unpaired) electrons. The number of carbonyl (C=O) groups is 2. The van der Waals surface area contributed by atoms with Gasteiger partial charge in [-0.2, -0.15) is 0 Å². The number of carbonyl (C=O) groups excluding carboxylic acids is 2. The molecule has 3 aromatic rings. The highest BCUT2D eigenvalue weighted by molar-refractivity contribution is 9.10. The third kappa shape index (κ3) is 7.68. The highest BCUT2D eigenvalue weighted by Gasteiger charge is 2.34. The van der Waals surface area contributed by atoms with Gasteiger partial charge in [0.25, 0.3) is 10.0 Å². The zero-order valence-corrected chi connectivity index (χ0v) is 25.7. The van der Waals surface area contributed by atoms with E-state index in [1.165, 1.54) is 17.0 Å². The second kappa shape index (κ2) is 14.0. The van der Waals surface area contributed by atoms with Crippen molar-refractivity contribution >= 4 is 43.5 Å². The van der Waals surface area contributed by atoms with Gasteiger partial charge in [-0.3, -0.25) is 13.9 Å². The predicted octanol–water partition coefficient (Wildman–Crippen LogP) is 5.52. The first-order valence-electron chi connectivity index (χ1n) is 13.8. The van der Waals surface area contributed by atoms with E-state index < -0.39 is 28.5 Å². The number of benzene rings is 3. The van der Waals surface area contributed by atoms with E-state index in [-0.39, 0.29) is 29.1 Å². The second-order valence-electron chi connectivity index (χ2n) is 10.0. The fourth-order valence-corrected chi connectivity index (χ4v) is 6.87. The number of nitrogens with one attached hydrogen (secondary N) is 1. The van der Waals surface area contributed by atoms with Crippen LogP contribution in [0.1, 0.15) is 45.1 Å². The molecule has 0 aromatic heterocycles. The Kier molecular flexibility index (Phi) is 10.4. The number of hydrogen-bond acceptors (Lipinski definition) is 5. The van der Waals surface area contributed by atoms with Gasteiger partial charge >= 0.3 is 0 Å². The smallest absolute Gasteiger partial charge is 0.264 e. The molecule has 218 valence electrons. The van der Waals surface area contributed by atoms with E-state index in [0.29, 0.717) is 12.4 Å². The Bertz CT molecular complexity index is 1440. The van der Waals surface area contributed by atoms with Crippen molar-refractivity contribution < 1.29 is 22.7 Å². The summed E-state index contributed by atoms with van der Waals surface area (Å²) in [6, 6.07) is 21.5. The number of para-hydroxylation sites is 2. The number of hydrogen-bond donors (Lipinski definition) is 1. The van der Waals surface area contributed by atoms with Crippen molar-refractivity contribution in [1.82, 2.24) is 10.2 Å². The summed E-state index contributed by atoms with van der Waals surface area (Å²) in [5.41, 5.74) is 1.05. The number of amides is 2. The highest BCUT2D eigenvalue weighted by atomic mass is 79.9. The molecular weight excluding hydrogens is 606 g/mol. The summed E-state index contributed by atoms with van der Waals surface area (Å²) in [6.45, 7) is 3.42. The molecule has 0 aliphatic heterocycles. The average Bonchev–Trinajstić information content (AvgIpc) is 3.48. The first kappa shape index (κ1) is 30.6. The molecule has 0 heterocycles. The summed E-state index contributed by atoms with van der Waals surface area (Å²) in [4.78, 5) is 29.0. The number of ether oxygens (including phenoxy) is 1. The monoisotopic (exact) mass is 641 g/mol. The maximum absolute atomic E-state index is 14.1. The van der Waals surface area contributed by atoms with Crippen LogP contribution in [0, 0.1) is 0 Å². The molecule has 0 saturated heterocycles. The van der Waals surface area contributed by atoms with Gasteiger partial charge in [-0.15, -0.1) is 0 Å². The van der Waals surface area contributed by atoms with Crippen LogP contribution >= 0.6 is 15.9 Å². The fourth-order valence-electron chi connectivity index (χ4n) is 4.98. The lowest BCUT2D eigenvalue weighted by molar-refractivity contribution is -0.139. The molecule has 0 bridgehead atoms. The Labute approximate surface area is 250 Å². The molecule has 8 nitrogen and oxygen atoms in total. The largest absolute Gasteiger partial charge is 0.492 e. The normalized spacial score (nSPS) is 14.3. The maximum atomic E-state index is 14.1. The van der Waals surface area contributed by atoms with Crippen LogP contribution in [0.15, 0.2) is 88.2 Å². The van der Waals surface area contributed by atoms with Gasteiger partial charge in [-0.1, -0.05) is 71.2 Å². The Morgan fingerprint density at radius 2 is 1.68 bits per heavy atom. The van der Waals surface area contributed by atoms with E-state index in [4.69, 9.17) is 4.74 Å². The number of sulfonamides is 1. The molecule has 4 rings (SSSR count). The number of nitrogens with zero attached hydrogens (tertiary/aromatic N) is 2. The summed E-state index contributed by atoms with van der Waals surface area (Å²) >= 11 is 3.47. The van der Waals surface area contributed by atoms with E-state index in [1.807, 2.05) is 31.2 Å². The van der Waals surface area contributed by atoms with Crippen molar-refractivity contribution in [2.24, 2.45) is 0 Å². The zero-order valence-electron chi connectivity index (χ0n) is 23.3. The maximum Gasteiger partial charge on any atom is 0.264 e. The van der Waals surface area contributed by atoms with E-state index in [1.54, 1.807) is 49.4 Å². The Morgan fingerprint density at radius 3 is 2.37 bits per heavy atom. The van der Waals surface area contributed by atoms with Gasteiger partial charge < -0.3 is 15.0 Å². The molecule has 1 unspecified atom stereocenters. The molecule has 2 amide bonds. The lowest BCUT2D eigenvalue weighted by atomic mass is 10.1. The summed E-state index contributed by atoms with van der Waals surface area (Å²) in [6.07, 6.45) is 3.95. The van der Waals surface area contributed by atoms with Crippen molar-refractivity contribution in [1.29, 1.82) is 0 Å². The molecule has 1 fully saturated rings. The van der Waals surface area contributed by atoms with Crippen molar-refractivity contribution in [2.45, 2.75) is 63.1 Å². The Morgan fingerprint density at radius 1 is 1.00 bits per heavy atom. The predicted molar refractivity (Wildman–Crippen MR) is 163 cm³/mol. The second-order valence-corrected chi connectivity index (χ2v) is 12.8. The van der Waals surface area contributed by atoms with Crippen LogP contribution in [0.2, 0.25) is 0 Å². The minimum Gasteiger partial charge on any atom is -0.492 e. The number of anilines is 1. The molecule has 1 aliphatic carbocycles. The minimum absolute atomic E-state index is 0.0460. The third-order valence-electron chi connectivity index (χ3n) is 7.15. The van der Waals surface area contributed by atoms with Crippen LogP contribution < -0.4 is 14.4 Å². The van der Waals surface area contributed by atoms with Gasteiger partial charge in [0.1, 0.15) is 18.3 Å². The fraction of sp³-hybridized carbons (Fsp3) is 0.355. The zero-order chi connectivity index (χ0) is 29.4. The van der Waals surface area contributed by atoms with E-state index in [2.05, 4.69) is 21.2 Å². The molecule has 10 heteroatoms. The third-order valence-corrected chi connectivity index (χ3v) is 9.42. The Hall–Kier alpha value is -3.37. The topological polar surface area (TPSA) is 96.0 Å². The van der Waals surface area contributed by atoms with Crippen LogP contribution in [0.5, 0.6) is 5.75 Å². The van der Waals surface area contributed by atoms with Gasteiger partial charge in [-0.05, 0) is 68.7 Å². The summed E-state index contributed by atoms with van der Waals surface area (Å²) in [5, 5.41) is 3.08. The molecule has 41 heavy (non-hydrogen) atoms. The standard InChI is InChI=1S/C31H36BrN3O5S/c1-3-40-29-19-10-9-18-28(29)35(41(38,39)27-16-5-4-6-17-27)22-30(36)34(21-24-12-11-13-25(32)20-24)23(2)31(37)33-26-14-7-8-15-26/h4-6,9-13,16-20,23,26H,3,7-8,14-15,21-22H2,1-2H3,(H,33,37). The van der Waals surface area contributed by atoms with Gasteiger partial charge in [-0.25, -0.2) is 8.42 Å². The molecule has 1 aliphatic rings. The average molecular weight is 643 g/mol. The first-order chi connectivity index (χ1) is 19.7. The van der Waals surface area contributed by atoms with Crippen molar-refractivity contribution in [3.8, 4) is 5.75 Å². The molecule has 1 atom stereocenters. The van der Waals surface area contributed by atoms with Gasteiger partial charge in [0.05, 0.1) is 17.2 Å². The van der Waals surface area contributed by atoms with Crippen LogP contribution in [-0.4, -0.2) is 50.4 Å². The molecule has 0 spiro atoms. The van der Waals surface area contributed by atoms with Gasteiger partial charge in [0.2, 0.25) is 11.8 Å². The lowest BCUT2D eigenvalue weighted by Gasteiger charge is -2.33. The number of rotatable bonds is 12. The Balaban J connectivity index is 1.71. The molecule has 3 aromatic carbocycles. The molecule has 1 saturated carbocycles. The van der Waals surface area contributed by atoms with E-state index >= 15 is 0 Å². The highest BCUT2D eigenvalue weighted by Crippen LogP contribution is 2.33. The van der Waals surface area contributed by atoms with Crippen LogP contribution in [-0.2, 0) is 26.2 Å². The van der Waals surface area contributed by atoms with Gasteiger partial charge in [0.15, 0.2) is 0 Å². The van der Waals surface area contributed by atoms with E-state index in [9.17, 15) is 18.0 Å². The number of halogens is 1. The summed E-state index contributed by atoms with van der Waals surface area (Å²) in [7, 11) is -4.17. The summed E-state index contributed by atoms with van der Waals surface area (Å²) in [5.74, 6) is -0.426. The van der Waals surface area contributed by atoms with Crippen molar-refractivity contribution in [2.75, 3.05) is 17.5 Å². The van der Waals surface area contributed by atoms with Crippen molar-refractivity contribution in [3.63, 3.8) is 0 Å². The van der Waals surface area contributed by atoms with Crippen LogP contribution in [0.3, 0.4) is 0 Å². The lowest BCUT2D eigenvalue weighted by Crippen LogP contribution is -2.52. The van der Waals surface area contributed by atoms with Gasteiger partial charge in [0, 0.05) is 17.1 Å². The summed E-state index contributed by atoms with van der Waals surface area (Å²) < 4.78 is 35.7. The van der Waals surface area contributed by atoms with Crippen molar-refractivity contribution in [3.05, 3.63) is 88.9 Å². The first-order valence-corrected chi connectivity index (χ1v) is 16.1. The molecular formula is C31H36BrN3O5S. The van der Waals surface area contributed by atoms with Crippen LogP contribution in [0.25, 0.3) is 0 Å². The van der Waals surface area contributed by atoms with E-state index in [0.717, 1.165) is 40.0 Å². The quantitative estimate of drug-likeness (QED) is 0.281. The molecule has 1 N–H and O–H groups in total. The SMILES string of the molecule is CCOc1ccccc1N(CC(=O)N(Cc1cccc(Br)c1)C(C)C(=O)NC1CCCC1)S(=O)(=O)c1ccccc1. The van der Waals surface area contributed by atoms with Crippen LogP contribution in [0.4, 0.5) is 5.69 Å².